The molecular formula is C54H36N2. The molecule has 11 rings (SSSR count). The van der Waals surface area contributed by atoms with Gasteiger partial charge >= 0.3 is 0 Å². The first-order valence-electron chi connectivity index (χ1n) is 19.3. The molecule has 0 saturated heterocycles. The number of fused-ring (bicyclic) bond motifs is 7. The lowest BCUT2D eigenvalue weighted by atomic mass is 9.99. The van der Waals surface area contributed by atoms with Crippen LogP contribution in [0.2, 0.25) is 0 Å². The third-order valence-corrected chi connectivity index (χ3v) is 11.3. The number of hydrogen-bond donors (Lipinski definition) is 0. The van der Waals surface area contributed by atoms with Crippen molar-refractivity contribution in [1.82, 2.24) is 9.13 Å². The van der Waals surface area contributed by atoms with Gasteiger partial charge in [-0.25, -0.2) is 0 Å². The van der Waals surface area contributed by atoms with Crippen LogP contribution in [0.1, 0.15) is 0 Å². The molecule has 0 amide bonds. The van der Waals surface area contributed by atoms with Crippen molar-refractivity contribution in [2.24, 2.45) is 0 Å². The third kappa shape index (κ3) is 5.19. The van der Waals surface area contributed by atoms with Crippen LogP contribution in [-0.4, -0.2) is 9.13 Å². The average Bonchev–Trinajstić information content (AvgIpc) is 3.80. The zero-order valence-corrected chi connectivity index (χ0v) is 30.7. The van der Waals surface area contributed by atoms with Crippen LogP contribution < -0.4 is 0 Å². The summed E-state index contributed by atoms with van der Waals surface area (Å²) in [6.45, 7) is 0. The van der Waals surface area contributed by atoms with E-state index in [1.807, 2.05) is 0 Å². The van der Waals surface area contributed by atoms with E-state index in [2.05, 4.69) is 228 Å². The normalized spacial score (nSPS) is 11.6. The second-order valence-corrected chi connectivity index (χ2v) is 14.5. The molecule has 0 atom stereocenters. The molecular weight excluding hydrogens is 677 g/mol. The van der Waals surface area contributed by atoms with Gasteiger partial charge in [-0.3, -0.25) is 0 Å². The monoisotopic (exact) mass is 712 g/mol. The fraction of sp³-hybridized carbons (Fsp3) is 0. The van der Waals surface area contributed by atoms with Crippen molar-refractivity contribution in [3.8, 4) is 55.9 Å². The molecule has 0 fully saturated rings. The second kappa shape index (κ2) is 13.2. The SMILES string of the molecule is c1ccc(-c2ccc(-c3cccc(-n4c5ccccc5c5c6c7ccccc7n(-c7ccccc7-c7ccc(-c8ccccc8)cc7)c6ccc54)c3)cc2)cc1. The summed E-state index contributed by atoms with van der Waals surface area (Å²) in [5.41, 5.74) is 16.8. The van der Waals surface area contributed by atoms with E-state index < -0.39 is 0 Å². The van der Waals surface area contributed by atoms with Crippen LogP contribution in [0.4, 0.5) is 0 Å². The number of aromatic nitrogens is 2. The van der Waals surface area contributed by atoms with Crippen molar-refractivity contribution in [1.29, 1.82) is 0 Å². The Morgan fingerprint density at radius 3 is 1.29 bits per heavy atom. The summed E-state index contributed by atoms with van der Waals surface area (Å²) in [4.78, 5) is 0. The highest BCUT2D eigenvalue weighted by Crippen LogP contribution is 2.44. The van der Waals surface area contributed by atoms with Gasteiger partial charge in [-0.1, -0.05) is 176 Å². The average molecular weight is 713 g/mol. The third-order valence-electron chi connectivity index (χ3n) is 11.3. The van der Waals surface area contributed by atoms with E-state index in [9.17, 15) is 0 Å². The molecule has 0 aliphatic rings. The maximum Gasteiger partial charge on any atom is 0.0549 e. The number of para-hydroxylation sites is 3. The van der Waals surface area contributed by atoms with Gasteiger partial charge in [0.25, 0.3) is 0 Å². The van der Waals surface area contributed by atoms with Gasteiger partial charge in [0, 0.05) is 32.8 Å². The number of nitrogens with zero attached hydrogens (tertiary/aromatic N) is 2. The van der Waals surface area contributed by atoms with E-state index >= 15 is 0 Å². The van der Waals surface area contributed by atoms with E-state index in [0.29, 0.717) is 0 Å². The predicted octanol–water partition coefficient (Wildman–Crippen LogP) is 14.5. The standard InChI is InChI=1S/C54H36N2/c1-3-14-37(15-4-1)39-26-28-41(29-27-39)43-18-13-19-44(36-43)55-49-24-11-8-21-46(49)53-51(55)34-35-52-54(53)47-22-9-12-25-50(47)56(52)48-23-10-7-20-45(48)42-32-30-40(31-33-42)38-16-5-2-6-17-38/h1-36H. The van der Waals surface area contributed by atoms with Crippen LogP contribution in [0, 0.1) is 0 Å². The smallest absolute Gasteiger partial charge is 0.0549 e. The van der Waals surface area contributed by atoms with Gasteiger partial charge in [0.15, 0.2) is 0 Å². The van der Waals surface area contributed by atoms with E-state index in [-0.39, 0.29) is 0 Å². The second-order valence-electron chi connectivity index (χ2n) is 14.5. The molecule has 262 valence electrons. The molecule has 11 aromatic rings. The molecule has 0 aliphatic heterocycles. The van der Waals surface area contributed by atoms with Crippen molar-refractivity contribution in [3.05, 3.63) is 218 Å². The Kier molecular flexibility index (Phi) is 7.53. The van der Waals surface area contributed by atoms with Crippen LogP contribution in [0.3, 0.4) is 0 Å². The van der Waals surface area contributed by atoms with E-state index in [1.54, 1.807) is 0 Å². The molecule has 56 heavy (non-hydrogen) atoms. The van der Waals surface area contributed by atoms with Crippen LogP contribution in [-0.2, 0) is 0 Å². The van der Waals surface area contributed by atoms with E-state index in [0.717, 1.165) is 5.69 Å². The molecule has 2 heteroatoms. The van der Waals surface area contributed by atoms with Gasteiger partial charge in [0.2, 0.25) is 0 Å². The Labute approximate surface area is 325 Å². The Morgan fingerprint density at radius 2 is 0.679 bits per heavy atom. The first-order valence-corrected chi connectivity index (χ1v) is 19.3. The molecule has 0 bridgehead atoms. The molecule has 0 unspecified atom stereocenters. The van der Waals surface area contributed by atoms with Crippen LogP contribution in [0.5, 0.6) is 0 Å². The molecule has 0 spiro atoms. The highest BCUT2D eigenvalue weighted by molar-refractivity contribution is 6.29. The van der Waals surface area contributed by atoms with Crippen molar-refractivity contribution >= 4 is 43.6 Å². The molecule has 0 radical (unpaired) electrons. The minimum absolute atomic E-state index is 1.15. The van der Waals surface area contributed by atoms with Gasteiger partial charge in [-0.2, -0.15) is 0 Å². The molecule has 2 heterocycles. The number of hydrogen-bond acceptors (Lipinski definition) is 0. The predicted molar refractivity (Wildman–Crippen MR) is 237 cm³/mol. The van der Waals surface area contributed by atoms with E-state index in [1.165, 1.54) is 93.8 Å². The van der Waals surface area contributed by atoms with E-state index in [4.69, 9.17) is 0 Å². The van der Waals surface area contributed by atoms with Gasteiger partial charge in [0.1, 0.15) is 0 Å². The summed E-state index contributed by atoms with van der Waals surface area (Å²) in [6, 6.07) is 79.3. The van der Waals surface area contributed by atoms with Crippen LogP contribution >= 0.6 is 0 Å². The minimum atomic E-state index is 1.15. The molecule has 0 N–H and O–H groups in total. The van der Waals surface area contributed by atoms with Crippen LogP contribution in [0.25, 0.3) is 99.5 Å². The Hall–Kier alpha value is -7.42. The first kappa shape index (κ1) is 32.0. The number of benzene rings is 9. The zero-order chi connectivity index (χ0) is 37.0. The van der Waals surface area contributed by atoms with Gasteiger partial charge in [-0.15, -0.1) is 0 Å². The largest absolute Gasteiger partial charge is 0.309 e. The summed E-state index contributed by atoms with van der Waals surface area (Å²) in [7, 11) is 0. The fourth-order valence-electron chi connectivity index (χ4n) is 8.75. The topological polar surface area (TPSA) is 9.86 Å². The van der Waals surface area contributed by atoms with Gasteiger partial charge in [-0.05, 0) is 81.4 Å². The van der Waals surface area contributed by atoms with Crippen LogP contribution in [0.15, 0.2) is 218 Å². The Balaban J connectivity index is 1.09. The molecule has 2 nitrogen and oxygen atoms in total. The maximum absolute atomic E-state index is 2.47. The lowest BCUT2D eigenvalue weighted by Crippen LogP contribution is -1.97. The summed E-state index contributed by atoms with van der Waals surface area (Å²) in [5.74, 6) is 0. The summed E-state index contributed by atoms with van der Waals surface area (Å²) in [6.07, 6.45) is 0. The van der Waals surface area contributed by atoms with Crippen molar-refractivity contribution < 1.29 is 0 Å². The highest BCUT2D eigenvalue weighted by Gasteiger charge is 2.21. The molecule has 2 aromatic heterocycles. The maximum atomic E-state index is 2.47. The van der Waals surface area contributed by atoms with Crippen molar-refractivity contribution in [3.63, 3.8) is 0 Å². The first-order chi connectivity index (χ1) is 27.8. The van der Waals surface area contributed by atoms with Gasteiger partial charge < -0.3 is 9.13 Å². The summed E-state index contributed by atoms with van der Waals surface area (Å²) in [5, 5.41) is 5.04. The minimum Gasteiger partial charge on any atom is -0.309 e. The quantitative estimate of drug-likeness (QED) is 0.162. The van der Waals surface area contributed by atoms with Crippen molar-refractivity contribution in [2.45, 2.75) is 0 Å². The lowest BCUT2D eigenvalue weighted by molar-refractivity contribution is 1.17. The highest BCUT2D eigenvalue weighted by atomic mass is 15.0. The lowest BCUT2D eigenvalue weighted by Gasteiger charge is -2.15. The van der Waals surface area contributed by atoms with Gasteiger partial charge in [0.05, 0.1) is 27.8 Å². The Bertz CT molecular complexity index is 3200. The number of rotatable bonds is 6. The summed E-state index contributed by atoms with van der Waals surface area (Å²) < 4.78 is 4.91. The Morgan fingerprint density at radius 1 is 0.250 bits per heavy atom. The molecule has 0 saturated carbocycles. The fourth-order valence-corrected chi connectivity index (χ4v) is 8.75. The summed E-state index contributed by atoms with van der Waals surface area (Å²) >= 11 is 0. The molecule has 0 aliphatic carbocycles. The zero-order valence-electron chi connectivity index (χ0n) is 30.7. The van der Waals surface area contributed by atoms with Crippen molar-refractivity contribution in [2.75, 3.05) is 0 Å². The molecule has 9 aromatic carbocycles.